The minimum atomic E-state index is -0.696. The number of hydrogen-bond donors (Lipinski definition) is 1. The molecule has 2 amide bonds. The van der Waals surface area contributed by atoms with Gasteiger partial charge in [-0.2, -0.15) is 0 Å². The van der Waals surface area contributed by atoms with Crippen molar-refractivity contribution in [2.75, 3.05) is 20.2 Å². The van der Waals surface area contributed by atoms with Gasteiger partial charge in [-0.3, -0.25) is 14.6 Å². The largest absolute Gasteiger partial charge is 0.497 e. The summed E-state index contributed by atoms with van der Waals surface area (Å²) in [5.74, 6) is 1.41. The predicted octanol–water partition coefficient (Wildman–Crippen LogP) is 2.13. The van der Waals surface area contributed by atoms with Crippen LogP contribution in [0.15, 0.2) is 61.2 Å². The number of piperidine rings is 1. The van der Waals surface area contributed by atoms with Crippen LogP contribution < -0.4 is 10.1 Å². The number of methoxy groups -OCH3 is 1. The van der Waals surface area contributed by atoms with Crippen LogP contribution in [0.5, 0.6) is 5.75 Å². The molecule has 1 aromatic carbocycles. The number of hydrogen-bond acceptors (Lipinski definition) is 6. The Labute approximate surface area is 197 Å². The Morgan fingerprint density at radius 3 is 2.56 bits per heavy atom. The molecule has 9 heteroatoms. The van der Waals surface area contributed by atoms with E-state index in [9.17, 15) is 9.59 Å². The predicted molar refractivity (Wildman–Crippen MR) is 123 cm³/mol. The topological polar surface area (TPSA) is 98.6 Å². The van der Waals surface area contributed by atoms with Crippen molar-refractivity contribution in [3.8, 4) is 5.75 Å². The number of imidazole rings is 1. The molecule has 0 aliphatic carbocycles. The van der Waals surface area contributed by atoms with Crippen LogP contribution in [0.2, 0.25) is 0 Å². The standard InChI is InChI=1S/C25H27N5O4/c1-33-20-4-2-18(3-5-20)16-28-22(31)21-17-30-15-12-27-24(30)25(34-21)8-13-29(14-9-25)23(32)19-6-10-26-11-7-19/h2-7,10-12,15,21H,8-9,13-14,16-17H2,1H3,(H,28,31)/t21-/m1/s1. The first-order valence-electron chi connectivity index (χ1n) is 11.4. The highest BCUT2D eigenvalue weighted by atomic mass is 16.5. The van der Waals surface area contributed by atoms with Crippen molar-refractivity contribution < 1.29 is 19.1 Å². The molecule has 0 bridgehead atoms. The lowest BCUT2D eigenvalue weighted by Gasteiger charge is -2.45. The van der Waals surface area contributed by atoms with E-state index in [2.05, 4.69) is 15.3 Å². The number of likely N-dealkylation sites (tertiary alicyclic amines) is 1. The molecule has 0 saturated carbocycles. The van der Waals surface area contributed by atoms with Gasteiger partial charge in [-0.25, -0.2) is 4.98 Å². The highest BCUT2D eigenvalue weighted by Gasteiger charge is 2.47. The molecule has 2 aliphatic heterocycles. The van der Waals surface area contributed by atoms with E-state index in [-0.39, 0.29) is 11.8 Å². The maximum absolute atomic E-state index is 13.0. The molecule has 5 rings (SSSR count). The third kappa shape index (κ3) is 4.26. The van der Waals surface area contributed by atoms with Crippen molar-refractivity contribution in [1.29, 1.82) is 0 Å². The van der Waals surface area contributed by atoms with Crippen molar-refractivity contribution in [2.24, 2.45) is 0 Å². The summed E-state index contributed by atoms with van der Waals surface area (Å²) in [6.45, 7) is 1.86. The summed E-state index contributed by atoms with van der Waals surface area (Å²) in [4.78, 5) is 36.3. The molecule has 1 fully saturated rings. The fraction of sp³-hybridized carbons (Fsp3) is 0.360. The van der Waals surface area contributed by atoms with E-state index in [1.54, 1.807) is 37.8 Å². The van der Waals surface area contributed by atoms with E-state index in [1.807, 2.05) is 39.9 Å². The van der Waals surface area contributed by atoms with Gasteiger partial charge in [0.25, 0.3) is 11.8 Å². The number of nitrogens with zero attached hydrogens (tertiary/aromatic N) is 4. The molecule has 2 aromatic heterocycles. The molecule has 3 aromatic rings. The third-order valence-corrected chi connectivity index (χ3v) is 6.56. The van der Waals surface area contributed by atoms with Crippen molar-refractivity contribution in [3.63, 3.8) is 0 Å². The Morgan fingerprint density at radius 1 is 1.12 bits per heavy atom. The fourth-order valence-electron chi connectivity index (χ4n) is 4.67. The summed E-state index contributed by atoms with van der Waals surface area (Å²) in [5.41, 5.74) is 0.900. The Bertz CT molecular complexity index is 1150. The Kier molecular flexibility index (Phi) is 6.02. The minimum Gasteiger partial charge on any atom is -0.497 e. The monoisotopic (exact) mass is 461 g/mol. The second-order valence-corrected chi connectivity index (χ2v) is 8.60. The van der Waals surface area contributed by atoms with Gasteiger partial charge in [0.1, 0.15) is 17.2 Å². The smallest absolute Gasteiger partial charge is 0.253 e. The molecular weight excluding hydrogens is 434 g/mol. The maximum Gasteiger partial charge on any atom is 0.253 e. The molecule has 2 aliphatic rings. The molecule has 176 valence electrons. The second kappa shape index (κ2) is 9.26. The normalized spacial score (nSPS) is 18.9. The van der Waals surface area contributed by atoms with Crippen LogP contribution in [0.1, 0.15) is 34.6 Å². The first-order chi connectivity index (χ1) is 16.6. The van der Waals surface area contributed by atoms with Crippen LogP contribution in [-0.4, -0.2) is 57.6 Å². The Morgan fingerprint density at radius 2 is 1.85 bits per heavy atom. The van der Waals surface area contributed by atoms with Crippen LogP contribution in [0.3, 0.4) is 0 Å². The molecule has 1 saturated heterocycles. The summed E-state index contributed by atoms with van der Waals surface area (Å²) < 4.78 is 13.6. The van der Waals surface area contributed by atoms with Gasteiger partial charge in [0.2, 0.25) is 0 Å². The number of rotatable bonds is 5. The van der Waals surface area contributed by atoms with Gasteiger partial charge >= 0.3 is 0 Å². The van der Waals surface area contributed by atoms with Crippen LogP contribution in [0.4, 0.5) is 0 Å². The van der Waals surface area contributed by atoms with Crippen molar-refractivity contribution >= 4 is 11.8 Å². The average Bonchev–Trinajstić information content (AvgIpc) is 3.38. The van der Waals surface area contributed by atoms with E-state index in [1.165, 1.54) is 0 Å². The second-order valence-electron chi connectivity index (χ2n) is 8.60. The number of carbonyl (C=O) groups is 2. The Hall–Kier alpha value is -3.72. The van der Waals surface area contributed by atoms with Crippen LogP contribution in [0.25, 0.3) is 0 Å². The lowest BCUT2D eigenvalue weighted by molar-refractivity contribution is -0.172. The molecule has 1 N–H and O–H groups in total. The van der Waals surface area contributed by atoms with Gasteiger partial charge in [0.15, 0.2) is 6.10 Å². The number of nitrogens with one attached hydrogen (secondary N) is 1. The highest BCUT2D eigenvalue weighted by molar-refractivity contribution is 5.94. The molecule has 0 radical (unpaired) electrons. The zero-order valence-corrected chi connectivity index (χ0v) is 19.0. The van der Waals surface area contributed by atoms with Gasteiger partial charge < -0.3 is 24.3 Å². The zero-order valence-electron chi connectivity index (χ0n) is 19.0. The summed E-state index contributed by atoms with van der Waals surface area (Å²) in [7, 11) is 1.62. The van der Waals surface area contributed by atoms with Gasteiger partial charge in [-0.05, 0) is 29.8 Å². The number of amides is 2. The number of aromatic nitrogens is 3. The number of carbonyl (C=O) groups excluding carboxylic acids is 2. The lowest BCUT2D eigenvalue weighted by atomic mass is 9.88. The molecule has 9 nitrogen and oxygen atoms in total. The van der Waals surface area contributed by atoms with Gasteiger partial charge in [-0.1, -0.05) is 12.1 Å². The fourth-order valence-corrected chi connectivity index (χ4v) is 4.67. The summed E-state index contributed by atoms with van der Waals surface area (Å²) in [5, 5.41) is 2.99. The number of ether oxygens (including phenoxy) is 2. The summed E-state index contributed by atoms with van der Waals surface area (Å²) in [6, 6.07) is 11.0. The SMILES string of the molecule is COc1ccc(CNC(=O)[C@H]2Cn3ccnc3C3(CCN(C(=O)c4ccncc4)CC3)O2)cc1. The number of fused-ring (bicyclic) bond motifs is 2. The van der Waals surface area contributed by atoms with Gasteiger partial charge in [0.05, 0.1) is 13.7 Å². The molecule has 4 heterocycles. The third-order valence-electron chi connectivity index (χ3n) is 6.56. The molecule has 1 atom stereocenters. The number of benzene rings is 1. The van der Waals surface area contributed by atoms with E-state index in [0.717, 1.165) is 17.1 Å². The van der Waals surface area contributed by atoms with Gasteiger partial charge in [0, 0.05) is 62.8 Å². The summed E-state index contributed by atoms with van der Waals surface area (Å²) >= 11 is 0. The lowest BCUT2D eigenvalue weighted by Crippen LogP contribution is -2.54. The van der Waals surface area contributed by atoms with Crippen LogP contribution in [0, 0.1) is 0 Å². The van der Waals surface area contributed by atoms with Crippen molar-refractivity contribution in [1.82, 2.24) is 24.8 Å². The first kappa shape index (κ1) is 22.1. The minimum absolute atomic E-state index is 0.0230. The van der Waals surface area contributed by atoms with Crippen LogP contribution >= 0.6 is 0 Å². The molecular formula is C25H27N5O4. The molecule has 1 spiro atoms. The van der Waals surface area contributed by atoms with Crippen molar-refractivity contribution in [3.05, 3.63) is 78.1 Å². The summed E-state index contributed by atoms with van der Waals surface area (Å²) in [6.07, 6.45) is 7.38. The van der Waals surface area contributed by atoms with Crippen molar-refractivity contribution in [2.45, 2.75) is 37.6 Å². The van der Waals surface area contributed by atoms with Gasteiger partial charge in [-0.15, -0.1) is 0 Å². The number of pyridine rings is 1. The maximum atomic E-state index is 13.0. The zero-order chi connectivity index (χ0) is 23.5. The van der Waals surface area contributed by atoms with Crippen LogP contribution in [-0.2, 0) is 28.2 Å². The van der Waals surface area contributed by atoms with E-state index in [4.69, 9.17) is 9.47 Å². The molecule has 0 unspecified atom stereocenters. The average molecular weight is 462 g/mol. The molecule has 34 heavy (non-hydrogen) atoms. The Balaban J connectivity index is 1.26. The quantitative estimate of drug-likeness (QED) is 0.625. The first-order valence-corrected chi connectivity index (χ1v) is 11.4. The van der Waals surface area contributed by atoms with E-state index >= 15 is 0 Å². The van der Waals surface area contributed by atoms with E-state index < -0.39 is 11.7 Å². The highest BCUT2D eigenvalue weighted by Crippen LogP contribution is 2.40. The van der Waals surface area contributed by atoms with E-state index in [0.29, 0.717) is 44.6 Å².